The second-order valence-corrected chi connectivity index (χ2v) is 7.01. The molecule has 1 amide bonds. The van der Waals surface area contributed by atoms with Gasteiger partial charge in [0, 0.05) is 18.0 Å². The molecule has 3 aromatic rings. The Balaban J connectivity index is 1.75. The quantitative estimate of drug-likeness (QED) is 0.737. The monoisotopic (exact) mass is 355 g/mol. The first kappa shape index (κ1) is 17.3. The van der Waals surface area contributed by atoms with Gasteiger partial charge in [0.2, 0.25) is 0 Å². The molecule has 1 atom stereocenters. The van der Waals surface area contributed by atoms with Crippen LogP contribution in [0.1, 0.15) is 34.0 Å². The topological polar surface area (TPSA) is 63.1 Å². The lowest BCUT2D eigenvalue weighted by atomic mass is 10.1. The highest BCUT2D eigenvalue weighted by molar-refractivity contribution is 7.09. The fourth-order valence-corrected chi connectivity index (χ4v) is 3.42. The maximum Gasteiger partial charge on any atom is 0.276 e. The molecular weight excluding hydrogens is 334 g/mol. The lowest BCUT2D eigenvalue weighted by molar-refractivity contribution is 0.102. The molecule has 1 unspecified atom stereocenters. The van der Waals surface area contributed by atoms with Crippen LogP contribution < -0.4 is 5.32 Å². The molecule has 0 fully saturated rings. The van der Waals surface area contributed by atoms with E-state index in [4.69, 9.17) is 0 Å². The first-order chi connectivity index (χ1) is 12.0. The number of hydrogen-bond acceptors (Lipinski definition) is 5. The molecule has 3 rings (SSSR count). The predicted molar refractivity (Wildman–Crippen MR) is 99.9 cm³/mol. The summed E-state index contributed by atoms with van der Waals surface area (Å²) in [6.45, 7) is 2.77. The molecule has 0 spiro atoms. The van der Waals surface area contributed by atoms with E-state index in [1.54, 1.807) is 22.3 Å². The van der Waals surface area contributed by atoms with Crippen LogP contribution in [-0.2, 0) is 6.54 Å². The normalized spacial score (nSPS) is 12.3. The van der Waals surface area contributed by atoms with E-state index in [0.29, 0.717) is 11.5 Å². The Morgan fingerprint density at radius 3 is 2.76 bits per heavy atom. The summed E-state index contributed by atoms with van der Waals surface area (Å²) in [6.07, 6.45) is 1.69. The number of rotatable bonds is 6. The molecule has 0 aliphatic heterocycles. The first-order valence-electron chi connectivity index (χ1n) is 8.03. The van der Waals surface area contributed by atoms with Crippen molar-refractivity contribution < 1.29 is 4.79 Å². The number of nitrogens with zero attached hydrogens (tertiary/aromatic N) is 4. The highest BCUT2D eigenvalue weighted by Gasteiger charge is 2.16. The van der Waals surface area contributed by atoms with Crippen molar-refractivity contribution in [2.24, 2.45) is 0 Å². The van der Waals surface area contributed by atoms with Crippen molar-refractivity contribution in [1.29, 1.82) is 0 Å². The van der Waals surface area contributed by atoms with Gasteiger partial charge >= 0.3 is 0 Å². The van der Waals surface area contributed by atoms with Gasteiger partial charge in [-0.1, -0.05) is 30.3 Å². The van der Waals surface area contributed by atoms with Crippen LogP contribution in [0.4, 0.5) is 5.82 Å². The van der Waals surface area contributed by atoms with Gasteiger partial charge in [-0.25, -0.2) is 9.67 Å². The van der Waals surface area contributed by atoms with Crippen molar-refractivity contribution in [3.63, 3.8) is 0 Å². The van der Waals surface area contributed by atoms with Crippen molar-refractivity contribution in [3.05, 3.63) is 64.2 Å². The van der Waals surface area contributed by atoms with Crippen molar-refractivity contribution in [2.45, 2.75) is 19.5 Å². The predicted octanol–water partition coefficient (Wildman–Crippen LogP) is 3.26. The van der Waals surface area contributed by atoms with Crippen molar-refractivity contribution in [3.8, 4) is 0 Å². The van der Waals surface area contributed by atoms with Crippen LogP contribution >= 0.6 is 11.3 Å². The van der Waals surface area contributed by atoms with Gasteiger partial charge in [0.15, 0.2) is 0 Å². The highest BCUT2D eigenvalue weighted by Crippen LogP contribution is 2.22. The van der Waals surface area contributed by atoms with E-state index in [9.17, 15) is 4.79 Å². The molecular formula is C18H21N5OS. The molecule has 0 bridgehead atoms. The molecule has 7 heteroatoms. The van der Waals surface area contributed by atoms with Crippen LogP contribution in [0.2, 0.25) is 0 Å². The van der Waals surface area contributed by atoms with Gasteiger partial charge < -0.3 is 10.2 Å². The minimum Gasteiger partial charge on any atom is -0.305 e. The average molecular weight is 355 g/mol. The second-order valence-electron chi connectivity index (χ2n) is 6.07. The fourth-order valence-electron chi connectivity index (χ4n) is 2.53. The zero-order valence-electron chi connectivity index (χ0n) is 14.5. The molecule has 0 radical (unpaired) electrons. The van der Waals surface area contributed by atoms with E-state index >= 15 is 0 Å². The molecule has 0 aliphatic rings. The molecule has 6 nitrogen and oxygen atoms in total. The number of amides is 1. The van der Waals surface area contributed by atoms with E-state index < -0.39 is 0 Å². The van der Waals surface area contributed by atoms with Gasteiger partial charge in [0.05, 0.1) is 12.2 Å². The molecule has 2 aromatic heterocycles. The van der Waals surface area contributed by atoms with E-state index in [2.05, 4.69) is 22.3 Å². The Labute approximate surface area is 151 Å². The largest absolute Gasteiger partial charge is 0.305 e. The summed E-state index contributed by atoms with van der Waals surface area (Å²) in [5, 5.41) is 9.98. The molecule has 2 heterocycles. The molecule has 1 aromatic carbocycles. The lowest BCUT2D eigenvalue weighted by Gasteiger charge is -2.16. The van der Waals surface area contributed by atoms with Crippen LogP contribution in [0.25, 0.3) is 0 Å². The number of carbonyl (C=O) groups is 1. The maximum absolute atomic E-state index is 12.5. The number of hydrogen-bond donors (Lipinski definition) is 1. The van der Waals surface area contributed by atoms with Crippen LogP contribution in [-0.4, -0.2) is 39.7 Å². The zero-order chi connectivity index (χ0) is 17.8. The van der Waals surface area contributed by atoms with Crippen LogP contribution in [0.5, 0.6) is 0 Å². The SMILES string of the molecule is CC(c1ccccc1)n1nccc1NC(=O)c1csc(CN(C)C)n1. The summed E-state index contributed by atoms with van der Waals surface area (Å²) in [4.78, 5) is 18.9. The number of carbonyl (C=O) groups excluding carboxylic acids is 1. The van der Waals surface area contributed by atoms with Crippen molar-refractivity contribution in [1.82, 2.24) is 19.7 Å². The maximum atomic E-state index is 12.5. The summed E-state index contributed by atoms with van der Waals surface area (Å²) in [6, 6.07) is 11.9. The summed E-state index contributed by atoms with van der Waals surface area (Å²) in [7, 11) is 3.95. The molecule has 0 aliphatic carbocycles. The summed E-state index contributed by atoms with van der Waals surface area (Å²) >= 11 is 1.49. The van der Waals surface area contributed by atoms with Gasteiger partial charge in [-0.05, 0) is 26.6 Å². The van der Waals surface area contributed by atoms with Crippen LogP contribution in [0, 0.1) is 0 Å². The standard InChI is InChI=1S/C18H21N5OS/c1-13(14-7-5-4-6-8-14)23-16(9-10-19-23)21-18(24)15-12-25-17(20-15)11-22(2)3/h4-10,12-13H,11H2,1-3H3,(H,21,24). The number of aromatic nitrogens is 3. The van der Waals surface area contributed by atoms with Crippen LogP contribution in [0.3, 0.4) is 0 Å². The molecule has 0 saturated carbocycles. The van der Waals surface area contributed by atoms with Gasteiger partial charge in [0.25, 0.3) is 5.91 Å². The lowest BCUT2D eigenvalue weighted by Crippen LogP contribution is -2.18. The number of thiazole rings is 1. The van der Waals surface area contributed by atoms with E-state index in [1.807, 2.05) is 49.3 Å². The molecule has 130 valence electrons. The number of nitrogens with one attached hydrogen (secondary N) is 1. The number of benzene rings is 1. The van der Waals surface area contributed by atoms with E-state index in [1.165, 1.54) is 11.3 Å². The average Bonchev–Trinajstić information content (AvgIpc) is 3.24. The zero-order valence-corrected chi connectivity index (χ0v) is 15.3. The summed E-state index contributed by atoms with van der Waals surface area (Å²) in [5.74, 6) is 0.437. The van der Waals surface area contributed by atoms with Gasteiger partial charge in [-0.15, -0.1) is 11.3 Å². The van der Waals surface area contributed by atoms with Gasteiger partial charge in [-0.2, -0.15) is 5.10 Å². The highest BCUT2D eigenvalue weighted by atomic mass is 32.1. The van der Waals surface area contributed by atoms with Gasteiger partial charge in [-0.3, -0.25) is 4.79 Å². The third-order valence-electron chi connectivity index (χ3n) is 3.80. The second kappa shape index (κ2) is 7.58. The Bertz CT molecular complexity index is 840. The smallest absolute Gasteiger partial charge is 0.276 e. The third kappa shape index (κ3) is 4.12. The van der Waals surface area contributed by atoms with Crippen molar-refractivity contribution in [2.75, 3.05) is 19.4 Å². The minimum absolute atomic E-state index is 0.0197. The van der Waals surface area contributed by atoms with Crippen LogP contribution in [0.15, 0.2) is 48.0 Å². The Kier molecular flexibility index (Phi) is 5.25. The molecule has 0 saturated heterocycles. The van der Waals surface area contributed by atoms with Crippen molar-refractivity contribution >= 4 is 23.1 Å². The Hall–Kier alpha value is -2.51. The summed E-state index contributed by atoms with van der Waals surface area (Å²) < 4.78 is 1.81. The minimum atomic E-state index is -0.219. The fraction of sp³-hybridized carbons (Fsp3) is 0.278. The first-order valence-corrected chi connectivity index (χ1v) is 8.91. The molecule has 1 N–H and O–H groups in total. The Morgan fingerprint density at radius 1 is 1.28 bits per heavy atom. The van der Waals surface area contributed by atoms with Gasteiger partial charge in [0.1, 0.15) is 16.5 Å². The molecule has 25 heavy (non-hydrogen) atoms. The third-order valence-corrected chi connectivity index (χ3v) is 4.63. The number of anilines is 1. The van der Waals surface area contributed by atoms with E-state index in [-0.39, 0.29) is 11.9 Å². The Morgan fingerprint density at radius 2 is 2.04 bits per heavy atom. The van der Waals surface area contributed by atoms with E-state index in [0.717, 1.165) is 17.1 Å². The summed E-state index contributed by atoms with van der Waals surface area (Å²) in [5.41, 5.74) is 1.56.